The quantitative estimate of drug-likeness (QED) is 0.670. The molecular weight excluding hydrogens is 208 g/mol. The Balaban J connectivity index is 4.53. The molecule has 0 saturated heterocycles. The lowest BCUT2D eigenvalue weighted by Gasteiger charge is -2.17. The van der Waals surface area contributed by atoms with Crippen molar-refractivity contribution in [2.75, 3.05) is 0 Å². The average Bonchev–Trinajstić information content (AvgIpc) is 1.78. The van der Waals surface area contributed by atoms with Gasteiger partial charge in [0.15, 0.2) is 0 Å². The van der Waals surface area contributed by atoms with Crippen LogP contribution in [0.15, 0.2) is 12.2 Å². The minimum Gasteiger partial charge on any atom is -0.320 e. The van der Waals surface area contributed by atoms with Crippen LogP contribution in [0, 0.1) is 0 Å². The minimum atomic E-state index is -4.29. The zero-order valence-corrected chi connectivity index (χ0v) is 9.47. The molecule has 0 saturated carbocycles. The van der Waals surface area contributed by atoms with Gasteiger partial charge in [0.05, 0.1) is 5.60 Å². The molecule has 0 fully saturated rings. The van der Waals surface area contributed by atoms with Gasteiger partial charge < -0.3 is 4.18 Å². The maximum Gasteiger partial charge on any atom is 0.452 e. The van der Waals surface area contributed by atoms with Crippen LogP contribution in [0.4, 0.5) is 0 Å². The topological polar surface area (TPSA) is 69.7 Å². The first-order valence-corrected chi connectivity index (χ1v) is 5.22. The van der Waals surface area contributed by atoms with Crippen LogP contribution in [0.3, 0.4) is 0 Å². The highest BCUT2D eigenvalue weighted by molar-refractivity contribution is 7.82. The Morgan fingerprint density at radius 3 is 2.00 bits per heavy atom. The third kappa shape index (κ3) is 5.71. The Bertz CT molecular complexity index is 333. The third-order valence-corrected chi connectivity index (χ3v) is 1.94. The summed E-state index contributed by atoms with van der Waals surface area (Å²) in [7, 11) is -4.29. The molecule has 0 bridgehead atoms. The van der Waals surface area contributed by atoms with E-state index in [1.54, 1.807) is 0 Å². The summed E-state index contributed by atoms with van der Waals surface area (Å²) in [5, 5.41) is 0. The zero-order valence-electron chi connectivity index (χ0n) is 8.66. The lowest BCUT2D eigenvalue weighted by molar-refractivity contribution is -0.130. The minimum absolute atomic E-state index is 0.00826. The number of carbonyl (C=O) groups is 1. The van der Waals surface area contributed by atoms with Crippen molar-refractivity contribution < 1.29 is 21.6 Å². The maximum absolute atomic E-state index is 11.1. The maximum atomic E-state index is 11.1. The summed E-state index contributed by atoms with van der Waals surface area (Å²) in [6.07, 6.45) is 0. The van der Waals surface area contributed by atoms with Gasteiger partial charge in [0, 0.05) is 5.57 Å². The molecule has 0 spiro atoms. The summed E-state index contributed by atoms with van der Waals surface area (Å²) in [5.74, 6) is -1.02. The van der Waals surface area contributed by atoms with Gasteiger partial charge in [0.2, 0.25) is 0 Å². The molecule has 0 N–H and O–H groups in total. The predicted octanol–water partition coefficient (Wildman–Crippen LogP) is 1.17. The molecule has 0 atom stereocenters. The highest BCUT2D eigenvalue weighted by Gasteiger charge is 2.26. The van der Waals surface area contributed by atoms with E-state index in [0.29, 0.717) is 0 Å². The van der Waals surface area contributed by atoms with Crippen LogP contribution in [-0.4, -0.2) is 20.0 Å². The molecular formula is C8H14O5S. The van der Waals surface area contributed by atoms with E-state index in [4.69, 9.17) is 0 Å². The third-order valence-electron chi connectivity index (χ3n) is 0.878. The second-order valence-corrected chi connectivity index (χ2v) is 4.90. The van der Waals surface area contributed by atoms with E-state index in [1.807, 2.05) is 0 Å². The van der Waals surface area contributed by atoms with E-state index in [1.165, 1.54) is 27.7 Å². The van der Waals surface area contributed by atoms with Crippen LogP contribution in [-0.2, 0) is 23.6 Å². The van der Waals surface area contributed by atoms with Crippen LogP contribution in [0.25, 0.3) is 0 Å². The Labute approximate surface area is 84.0 Å². The van der Waals surface area contributed by atoms with Crippen molar-refractivity contribution in [3.63, 3.8) is 0 Å². The molecule has 0 amide bonds. The van der Waals surface area contributed by atoms with Crippen LogP contribution in [0.2, 0.25) is 0 Å². The predicted molar refractivity (Wildman–Crippen MR) is 50.7 cm³/mol. The first kappa shape index (κ1) is 13.1. The van der Waals surface area contributed by atoms with Crippen molar-refractivity contribution in [3.8, 4) is 0 Å². The standard InChI is InChI=1S/C8H14O5S/c1-6(2)7(9)12-14(10,11)13-8(3,4)5/h1H2,2-5H3. The molecule has 0 aromatic rings. The summed E-state index contributed by atoms with van der Waals surface area (Å²) < 4.78 is 30.7. The largest absolute Gasteiger partial charge is 0.452 e. The van der Waals surface area contributed by atoms with Crippen LogP contribution in [0.1, 0.15) is 27.7 Å². The van der Waals surface area contributed by atoms with E-state index >= 15 is 0 Å². The van der Waals surface area contributed by atoms with Crippen molar-refractivity contribution in [2.45, 2.75) is 33.3 Å². The molecule has 0 aromatic heterocycles. The fraction of sp³-hybridized carbons (Fsp3) is 0.625. The molecule has 0 unspecified atom stereocenters. The highest BCUT2D eigenvalue weighted by Crippen LogP contribution is 2.13. The zero-order chi connectivity index (χ0) is 11.6. The lowest BCUT2D eigenvalue weighted by Crippen LogP contribution is -2.27. The molecule has 0 aliphatic rings. The van der Waals surface area contributed by atoms with Gasteiger partial charge >= 0.3 is 16.4 Å². The molecule has 0 aliphatic heterocycles. The normalized spacial score (nSPS) is 12.3. The number of rotatable bonds is 3. The molecule has 5 nitrogen and oxygen atoms in total. The molecule has 0 radical (unpaired) electrons. The monoisotopic (exact) mass is 222 g/mol. The Morgan fingerprint density at radius 2 is 1.71 bits per heavy atom. The molecule has 0 aliphatic carbocycles. The van der Waals surface area contributed by atoms with Gasteiger partial charge in [-0.25, -0.2) is 8.98 Å². The van der Waals surface area contributed by atoms with E-state index in [0.717, 1.165) is 0 Å². The number of carbonyl (C=O) groups excluding carboxylic acids is 1. The first-order chi connectivity index (χ1) is 6.03. The van der Waals surface area contributed by atoms with Crippen LogP contribution < -0.4 is 0 Å². The second-order valence-electron chi connectivity index (χ2n) is 3.76. The second kappa shape index (κ2) is 4.10. The Kier molecular flexibility index (Phi) is 3.84. The highest BCUT2D eigenvalue weighted by atomic mass is 32.3. The van der Waals surface area contributed by atoms with Gasteiger partial charge in [-0.05, 0) is 27.7 Å². The van der Waals surface area contributed by atoms with E-state index < -0.39 is 22.0 Å². The van der Waals surface area contributed by atoms with Crippen molar-refractivity contribution >= 4 is 16.4 Å². The van der Waals surface area contributed by atoms with E-state index in [9.17, 15) is 13.2 Å². The molecule has 14 heavy (non-hydrogen) atoms. The molecule has 0 rings (SSSR count). The van der Waals surface area contributed by atoms with Crippen molar-refractivity contribution in [3.05, 3.63) is 12.2 Å². The van der Waals surface area contributed by atoms with Gasteiger partial charge in [-0.3, -0.25) is 0 Å². The van der Waals surface area contributed by atoms with Gasteiger partial charge in [-0.15, -0.1) is 0 Å². The van der Waals surface area contributed by atoms with Crippen LogP contribution in [0.5, 0.6) is 0 Å². The summed E-state index contributed by atoms with van der Waals surface area (Å²) in [5.41, 5.74) is -0.945. The summed E-state index contributed by atoms with van der Waals surface area (Å²) >= 11 is 0. The SMILES string of the molecule is C=C(C)C(=O)OS(=O)(=O)OC(C)(C)C. The fourth-order valence-corrected chi connectivity index (χ4v) is 1.46. The van der Waals surface area contributed by atoms with E-state index in [2.05, 4.69) is 14.9 Å². The summed E-state index contributed by atoms with van der Waals surface area (Å²) in [6.45, 7) is 9.16. The average molecular weight is 222 g/mol. The lowest BCUT2D eigenvalue weighted by atomic mass is 10.2. The molecule has 6 heteroatoms. The fourth-order valence-electron chi connectivity index (χ4n) is 0.487. The molecule has 0 heterocycles. The van der Waals surface area contributed by atoms with Gasteiger partial charge in [-0.1, -0.05) is 6.58 Å². The first-order valence-electron chi connectivity index (χ1n) is 3.88. The van der Waals surface area contributed by atoms with Gasteiger partial charge in [0.25, 0.3) is 0 Å². The molecule has 82 valence electrons. The van der Waals surface area contributed by atoms with Gasteiger partial charge in [0.1, 0.15) is 0 Å². The smallest absolute Gasteiger partial charge is 0.320 e. The Hall–Kier alpha value is -0.880. The van der Waals surface area contributed by atoms with Crippen molar-refractivity contribution in [1.29, 1.82) is 0 Å². The summed E-state index contributed by atoms with van der Waals surface area (Å²) in [6, 6.07) is 0. The number of hydrogen-bond donors (Lipinski definition) is 0. The van der Waals surface area contributed by atoms with Crippen molar-refractivity contribution in [1.82, 2.24) is 0 Å². The molecule has 0 aromatic carbocycles. The Morgan fingerprint density at radius 1 is 1.29 bits per heavy atom. The van der Waals surface area contributed by atoms with E-state index in [-0.39, 0.29) is 5.57 Å². The van der Waals surface area contributed by atoms with Crippen LogP contribution >= 0.6 is 0 Å². The van der Waals surface area contributed by atoms with Crippen molar-refractivity contribution in [2.24, 2.45) is 0 Å². The summed E-state index contributed by atoms with van der Waals surface area (Å²) in [4.78, 5) is 10.9. The van der Waals surface area contributed by atoms with Gasteiger partial charge in [-0.2, -0.15) is 8.42 Å². The number of hydrogen-bond acceptors (Lipinski definition) is 5.